The van der Waals surface area contributed by atoms with Crippen LogP contribution in [0.2, 0.25) is 0 Å². The van der Waals surface area contributed by atoms with Crippen LogP contribution in [0.1, 0.15) is 41.2 Å². The van der Waals surface area contributed by atoms with Gasteiger partial charge in [0.05, 0.1) is 5.52 Å². The average molecular weight is 392 g/mol. The molecule has 0 aliphatic heterocycles. The number of H-pyrrole nitrogens is 1. The fourth-order valence-electron chi connectivity index (χ4n) is 3.72. The van der Waals surface area contributed by atoms with E-state index >= 15 is 0 Å². The molecule has 0 unspecified atom stereocenters. The van der Waals surface area contributed by atoms with Gasteiger partial charge in [0.15, 0.2) is 0 Å². The smallest absolute Gasteiger partial charge is 0.322 e. The number of urea groups is 1. The van der Waals surface area contributed by atoms with E-state index in [2.05, 4.69) is 22.4 Å². The fourth-order valence-corrected chi connectivity index (χ4v) is 3.72. The summed E-state index contributed by atoms with van der Waals surface area (Å²) >= 11 is 0. The van der Waals surface area contributed by atoms with Crippen LogP contribution in [-0.4, -0.2) is 22.5 Å². The molecule has 0 radical (unpaired) electrons. The van der Waals surface area contributed by atoms with Crippen molar-refractivity contribution in [2.75, 3.05) is 11.9 Å². The van der Waals surface area contributed by atoms with Crippen LogP contribution >= 0.6 is 0 Å². The predicted octanol–water partition coefficient (Wildman–Crippen LogP) is 5.21. The van der Waals surface area contributed by atoms with Gasteiger partial charge < -0.3 is 15.2 Å². The lowest BCUT2D eigenvalue weighted by Crippen LogP contribution is -2.35. The van der Waals surface area contributed by atoms with E-state index in [-0.39, 0.29) is 11.6 Å². The lowest BCUT2D eigenvalue weighted by molar-refractivity contribution is 0.209. The molecule has 0 saturated carbocycles. The van der Waals surface area contributed by atoms with Crippen LogP contribution in [0.4, 0.5) is 10.5 Å². The van der Waals surface area contributed by atoms with E-state index < -0.39 is 0 Å². The SMILES string of the molecule is CCCN(Cc1cc(=O)[nH]c2c(C)cc(C)cc12)C(=O)Nc1cccc(C)c1C. The average Bonchev–Trinajstić information content (AvgIpc) is 2.66. The van der Waals surface area contributed by atoms with Gasteiger partial charge in [-0.05, 0) is 68.5 Å². The maximum atomic E-state index is 13.1. The fraction of sp³-hybridized carbons (Fsp3) is 0.333. The number of nitrogens with one attached hydrogen (secondary N) is 2. The van der Waals surface area contributed by atoms with Crippen LogP contribution < -0.4 is 10.9 Å². The van der Waals surface area contributed by atoms with E-state index in [1.54, 1.807) is 11.0 Å². The molecule has 0 aliphatic carbocycles. The van der Waals surface area contributed by atoms with Gasteiger partial charge in [0.25, 0.3) is 0 Å². The summed E-state index contributed by atoms with van der Waals surface area (Å²) in [7, 11) is 0. The molecule has 152 valence electrons. The van der Waals surface area contributed by atoms with Gasteiger partial charge in [-0.25, -0.2) is 4.79 Å². The summed E-state index contributed by atoms with van der Waals surface area (Å²) in [6.45, 7) is 11.1. The highest BCUT2D eigenvalue weighted by Crippen LogP contribution is 2.23. The minimum absolute atomic E-state index is 0.147. The predicted molar refractivity (Wildman–Crippen MR) is 120 cm³/mol. The van der Waals surface area contributed by atoms with Gasteiger partial charge in [-0.1, -0.05) is 30.7 Å². The monoisotopic (exact) mass is 391 g/mol. The third-order valence-corrected chi connectivity index (χ3v) is 5.37. The van der Waals surface area contributed by atoms with Crippen molar-refractivity contribution >= 4 is 22.6 Å². The number of anilines is 1. The first-order valence-corrected chi connectivity index (χ1v) is 10.1. The lowest BCUT2D eigenvalue weighted by Gasteiger charge is -2.24. The molecule has 5 heteroatoms. The first kappa shape index (κ1) is 20.6. The highest BCUT2D eigenvalue weighted by Gasteiger charge is 2.17. The number of aryl methyl sites for hydroxylation is 3. The first-order valence-electron chi connectivity index (χ1n) is 10.1. The molecular weight excluding hydrogens is 362 g/mol. The molecule has 3 aromatic rings. The van der Waals surface area contributed by atoms with E-state index in [9.17, 15) is 9.59 Å². The Balaban J connectivity index is 1.96. The van der Waals surface area contributed by atoms with Gasteiger partial charge in [-0.2, -0.15) is 0 Å². The molecule has 2 amide bonds. The number of amides is 2. The zero-order valence-electron chi connectivity index (χ0n) is 17.8. The molecule has 1 aromatic heterocycles. The molecule has 0 bridgehead atoms. The topological polar surface area (TPSA) is 65.2 Å². The largest absolute Gasteiger partial charge is 0.322 e. The molecule has 0 atom stereocenters. The van der Waals surface area contributed by atoms with Crippen LogP contribution in [-0.2, 0) is 6.54 Å². The number of aromatic nitrogens is 1. The number of hydrogen-bond donors (Lipinski definition) is 2. The van der Waals surface area contributed by atoms with Crippen molar-refractivity contribution in [3.8, 4) is 0 Å². The molecular formula is C24H29N3O2. The number of aromatic amines is 1. The van der Waals surface area contributed by atoms with E-state index in [0.717, 1.165) is 50.8 Å². The highest BCUT2D eigenvalue weighted by atomic mass is 16.2. The molecule has 3 rings (SSSR count). The third kappa shape index (κ3) is 4.50. The molecule has 0 fully saturated rings. The van der Waals surface area contributed by atoms with Crippen molar-refractivity contribution in [2.24, 2.45) is 0 Å². The number of fused-ring (bicyclic) bond motifs is 1. The van der Waals surface area contributed by atoms with Crippen LogP contribution in [0.5, 0.6) is 0 Å². The maximum absolute atomic E-state index is 13.1. The third-order valence-electron chi connectivity index (χ3n) is 5.37. The number of benzene rings is 2. The van der Waals surface area contributed by atoms with Gasteiger partial charge >= 0.3 is 6.03 Å². The minimum atomic E-state index is -0.154. The van der Waals surface area contributed by atoms with Crippen molar-refractivity contribution in [1.82, 2.24) is 9.88 Å². The van der Waals surface area contributed by atoms with E-state index in [4.69, 9.17) is 0 Å². The molecule has 0 spiro atoms. The van der Waals surface area contributed by atoms with Crippen molar-refractivity contribution in [2.45, 2.75) is 47.6 Å². The molecule has 29 heavy (non-hydrogen) atoms. The summed E-state index contributed by atoms with van der Waals surface area (Å²) in [6, 6.07) is 11.5. The normalized spacial score (nSPS) is 10.9. The second kappa shape index (κ2) is 8.52. The van der Waals surface area contributed by atoms with E-state index in [0.29, 0.717) is 13.1 Å². The van der Waals surface area contributed by atoms with Crippen LogP contribution in [0.15, 0.2) is 41.2 Å². The van der Waals surface area contributed by atoms with Crippen molar-refractivity contribution < 1.29 is 4.79 Å². The standard InChI is InChI=1S/C24H29N3O2/c1-6-10-27(24(29)25-21-9-7-8-16(3)18(21)5)14-19-13-22(28)26-23-17(4)11-15(2)12-20(19)23/h7-9,11-13H,6,10,14H2,1-5H3,(H,25,29)(H,26,28). The van der Waals surface area contributed by atoms with Crippen LogP contribution in [0.3, 0.4) is 0 Å². The second-order valence-electron chi connectivity index (χ2n) is 7.76. The summed E-state index contributed by atoms with van der Waals surface area (Å²) in [6.07, 6.45) is 0.833. The number of carbonyl (C=O) groups excluding carboxylic acids is 1. The van der Waals surface area contributed by atoms with Gasteiger partial charge in [-0.15, -0.1) is 0 Å². The van der Waals surface area contributed by atoms with Gasteiger partial charge in [-0.3, -0.25) is 4.79 Å². The molecule has 2 aromatic carbocycles. The molecule has 1 heterocycles. The summed E-state index contributed by atoms with van der Waals surface area (Å²) in [5.74, 6) is 0. The molecule has 0 saturated heterocycles. The van der Waals surface area contributed by atoms with Gasteiger partial charge in [0.2, 0.25) is 5.56 Å². The van der Waals surface area contributed by atoms with Crippen molar-refractivity contribution in [3.05, 3.63) is 74.6 Å². The van der Waals surface area contributed by atoms with Crippen LogP contribution in [0.25, 0.3) is 10.9 Å². The van der Waals surface area contributed by atoms with E-state index in [1.165, 1.54) is 0 Å². The number of rotatable bonds is 5. The summed E-state index contributed by atoms with van der Waals surface area (Å²) in [5.41, 5.74) is 6.72. The van der Waals surface area contributed by atoms with Crippen LogP contribution in [0, 0.1) is 27.7 Å². The molecule has 5 nitrogen and oxygen atoms in total. The Kier molecular flexibility index (Phi) is 6.06. The first-order chi connectivity index (χ1) is 13.8. The van der Waals surface area contributed by atoms with Crippen molar-refractivity contribution in [1.29, 1.82) is 0 Å². The summed E-state index contributed by atoms with van der Waals surface area (Å²) in [5, 5.41) is 4.03. The van der Waals surface area contributed by atoms with E-state index in [1.807, 2.05) is 52.8 Å². The Morgan fingerprint density at radius 3 is 2.55 bits per heavy atom. The number of carbonyl (C=O) groups is 1. The Hall–Kier alpha value is -3.08. The zero-order chi connectivity index (χ0) is 21.1. The van der Waals surface area contributed by atoms with Gasteiger partial charge in [0.1, 0.15) is 0 Å². The Bertz CT molecular complexity index is 1120. The highest BCUT2D eigenvalue weighted by molar-refractivity contribution is 5.91. The number of pyridine rings is 1. The lowest BCUT2D eigenvalue weighted by atomic mass is 10.0. The minimum Gasteiger partial charge on any atom is -0.322 e. The van der Waals surface area contributed by atoms with Crippen molar-refractivity contribution in [3.63, 3.8) is 0 Å². The number of hydrogen-bond acceptors (Lipinski definition) is 2. The zero-order valence-corrected chi connectivity index (χ0v) is 17.8. The Morgan fingerprint density at radius 2 is 1.83 bits per heavy atom. The Labute approximate surface area is 171 Å². The molecule has 2 N–H and O–H groups in total. The molecule has 0 aliphatic rings. The second-order valence-corrected chi connectivity index (χ2v) is 7.76. The maximum Gasteiger partial charge on any atom is 0.322 e. The van der Waals surface area contributed by atoms with Gasteiger partial charge in [0, 0.05) is 30.2 Å². The summed E-state index contributed by atoms with van der Waals surface area (Å²) < 4.78 is 0. The Morgan fingerprint density at radius 1 is 1.07 bits per heavy atom. The quantitative estimate of drug-likeness (QED) is 0.627. The summed E-state index contributed by atoms with van der Waals surface area (Å²) in [4.78, 5) is 30.0. The number of nitrogens with zero attached hydrogens (tertiary/aromatic N) is 1.